The summed E-state index contributed by atoms with van der Waals surface area (Å²) in [6.45, 7) is 4.50. The molecule has 0 N–H and O–H groups in total. The number of rotatable bonds is 12. The van der Waals surface area contributed by atoms with E-state index in [2.05, 4.69) is 19.9 Å². The molecule has 1 fully saturated rings. The van der Waals surface area contributed by atoms with Gasteiger partial charge in [0.15, 0.2) is 0 Å². The fraction of sp³-hybridized carbons (Fsp3) is 0.720. The van der Waals surface area contributed by atoms with Gasteiger partial charge < -0.3 is 4.74 Å². The smallest absolute Gasteiger partial charge is 0.350 e. The van der Waals surface area contributed by atoms with Crippen LogP contribution in [0.3, 0.4) is 0 Å². The normalized spacial score (nSPS) is 19.4. The first kappa shape index (κ1) is 24.1. The lowest BCUT2D eigenvalue weighted by atomic mass is 9.84. The second-order valence-electron chi connectivity index (χ2n) is 8.86. The zero-order valence-corrected chi connectivity index (χ0v) is 21.0. The van der Waals surface area contributed by atoms with Crippen LogP contribution in [-0.4, -0.2) is 12.1 Å². The first-order valence-electron chi connectivity index (χ1n) is 12.0. The van der Waals surface area contributed by atoms with Gasteiger partial charge >= 0.3 is 5.97 Å². The Morgan fingerprint density at radius 3 is 2.40 bits per heavy atom. The lowest BCUT2D eigenvalue weighted by Gasteiger charge is -2.28. The molecule has 2 aromatic heterocycles. The minimum atomic E-state index is -0.219. The van der Waals surface area contributed by atoms with Gasteiger partial charge in [0.05, 0.1) is 9.72 Å². The van der Waals surface area contributed by atoms with E-state index < -0.39 is 0 Å². The van der Waals surface area contributed by atoms with E-state index in [1.54, 1.807) is 11.3 Å². The number of carbonyl (C=O) groups excluding carboxylic acids is 1. The second-order valence-corrected chi connectivity index (χ2v) is 11.4. The van der Waals surface area contributed by atoms with Gasteiger partial charge in [-0.25, -0.2) is 4.79 Å². The Hall–Kier alpha value is -0.580. The van der Waals surface area contributed by atoms with Gasteiger partial charge in [0.2, 0.25) is 0 Å². The van der Waals surface area contributed by atoms with E-state index in [4.69, 9.17) is 16.3 Å². The maximum Gasteiger partial charge on any atom is 0.350 e. The molecule has 0 unspecified atom stereocenters. The maximum atomic E-state index is 12.8. The fourth-order valence-corrected chi connectivity index (χ4v) is 7.32. The molecule has 0 aromatic carbocycles. The number of fused-ring (bicyclic) bond motifs is 1. The summed E-state index contributed by atoms with van der Waals surface area (Å²) < 4.78 is 8.06. The minimum Gasteiger partial charge on any atom is -0.458 e. The van der Waals surface area contributed by atoms with Crippen LogP contribution < -0.4 is 0 Å². The van der Waals surface area contributed by atoms with E-state index in [1.165, 1.54) is 86.8 Å². The van der Waals surface area contributed by atoms with Crippen LogP contribution in [-0.2, 0) is 11.2 Å². The first-order chi connectivity index (χ1) is 14.6. The predicted octanol–water partition coefficient (Wildman–Crippen LogP) is 9.42. The summed E-state index contributed by atoms with van der Waals surface area (Å²) in [5.74, 6) is 0.603. The van der Waals surface area contributed by atoms with Crippen LogP contribution in [0, 0.1) is 5.92 Å². The van der Waals surface area contributed by atoms with Crippen molar-refractivity contribution in [1.29, 1.82) is 0 Å². The molecule has 1 aliphatic carbocycles. The predicted molar refractivity (Wildman–Crippen MR) is 132 cm³/mol. The van der Waals surface area contributed by atoms with Crippen LogP contribution in [0.25, 0.3) is 9.40 Å². The number of carbonyl (C=O) groups is 1. The maximum absolute atomic E-state index is 12.8. The van der Waals surface area contributed by atoms with E-state index in [1.807, 2.05) is 0 Å². The van der Waals surface area contributed by atoms with Gasteiger partial charge in [0.25, 0.3) is 0 Å². The third kappa shape index (κ3) is 6.71. The highest BCUT2D eigenvalue weighted by Crippen LogP contribution is 2.42. The van der Waals surface area contributed by atoms with Crippen LogP contribution in [0.4, 0.5) is 0 Å². The molecule has 0 spiro atoms. The van der Waals surface area contributed by atoms with Crippen LogP contribution in [0.1, 0.15) is 112 Å². The molecule has 1 saturated carbocycles. The van der Waals surface area contributed by atoms with E-state index in [-0.39, 0.29) is 12.1 Å². The van der Waals surface area contributed by atoms with E-state index >= 15 is 0 Å². The third-order valence-corrected chi connectivity index (χ3v) is 9.42. The Labute approximate surface area is 195 Å². The molecule has 3 rings (SSSR count). The van der Waals surface area contributed by atoms with Crippen molar-refractivity contribution in [2.75, 3.05) is 0 Å². The number of unbranched alkanes of at least 4 members (excludes halogenated alkanes) is 6. The molecular formula is C25H37ClO2S2. The Bertz CT molecular complexity index is 787. The van der Waals surface area contributed by atoms with Crippen molar-refractivity contribution < 1.29 is 9.53 Å². The summed E-state index contributed by atoms with van der Waals surface area (Å²) in [4.78, 5) is 14.7. The Balaban J connectivity index is 1.48. The van der Waals surface area contributed by atoms with Gasteiger partial charge in [-0.1, -0.05) is 76.8 Å². The van der Waals surface area contributed by atoms with Gasteiger partial charge in [-0.2, -0.15) is 0 Å². The van der Waals surface area contributed by atoms with Crippen LogP contribution >= 0.6 is 34.3 Å². The quantitative estimate of drug-likeness (QED) is 0.229. The molecular weight excluding hydrogens is 432 g/mol. The molecule has 0 aliphatic heterocycles. The number of halogens is 1. The standard InChI is InChI=1S/C25H37ClO2S2/c1-3-5-7-8-10-12-20-17-21-23(29-20)22(26)24(30-21)25(27)28-19-15-13-18(14-16-19)11-9-6-4-2/h17-19H,3-16H2,1-2H3. The van der Waals surface area contributed by atoms with E-state index in [0.29, 0.717) is 9.90 Å². The van der Waals surface area contributed by atoms with Crippen molar-refractivity contribution in [2.45, 2.75) is 110 Å². The molecule has 2 heterocycles. The lowest BCUT2D eigenvalue weighted by Crippen LogP contribution is -2.24. The molecule has 168 valence electrons. The summed E-state index contributed by atoms with van der Waals surface area (Å²) in [5.41, 5.74) is 0. The Morgan fingerprint density at radius 2 is 1.70 bits per heavy atom. The molecule has 0 radical (unpaired) electrons. The van der Waals surface area contributed by atoms with Crippen molar-refractivity contribution in [2.24, 2.45) is 5.92 Å². The molecule has 0 saturated heterocycles. The highest BCUT2D eigenvalue weighted by Gasteiger charge is 2.27. The Kier molecular flexibility index (Phi) is 9.99. The van der Waals surface area contributed by atoms with E-state index in [9.17, 15) is 4.79 Å². The average Bonchev–Trinajstić information content (AvgIpc) is 3.28. The van der Waals surface area contributed by atoms with Crippen molar-refractivity contribution in [1.82, 2.24) is 0 Å². The highest BCUT2D eigenvalue weighted by molar-refractivity contribution is 7.29. The van der Waals surface area contributed by atoms with Crippen LogP contribution in [0.5, 0.6) is 0 Å². The fourth-order valence-electron chi connectivity index (χ4n) is 4.49. The molecule has 5 heteroatoms. The average molecular weight is 469 g/mol. The van der Waals surface area contributed by atoms with Gasteiger partial charge in [0, 0.05) is 9.58 Å². The summed E-state index contributed by atoms with van der Waals surface area (Å²) >= 11 is 9.86. The van der Waals surface area contributed by atoms with Crippen LogP contribution in [0.2, 0.25) is 5.02 Å². The van der Waals surface area contributed by atoms with E-state index in [0.717, 1.165) is 34.6 Å². The van der Waals surface area contributed by atoms with Gasteiger partial charge in [-0.15, -0.1) is 22.7 Å². The summed E-state index contributed by atoms with van der Waals surface area (Å²) in [6.07, 6.45) is 17.3. The monoisotopic (exact) mass is 468 g/mol. The molecule has 0 atom stereocenters. The van der Waals surface area contributed by atoms with Crippen molar-refractivity contribution in [3.05, 3.63) is 20.8 Å². The summed E-state index contributed by atoms with van der Waals surface area (Å²) in [5, 5.41) is 0.607. The first-order valence-corrected chi connectivity index (χ1v) is 14.0. The second kappa shape index (κ2) is 12.5. The van der Waals surface area contributed by atoms with Crippen molar-refractivity contribution >= 4 is 49.6 Å². The number of thiophene rings is 2. The topological polar surface area (TPSA) is 26.3 Å². The largest absolute Gasteiger partial charge is 0.458 e. The third-order valence-electron chi connectivity index (χ3n) is 6.36. The molecule has 30 heavy (non-hydrogen) atoms. The van der Waals surface area contributed by atoms with Gasteiger partial charge in [0.1, 0.15) is 11.0 Å². The van der Waals surface area contributed by atoms with Crippen LogP contribution in [0.15, 0.2) is 6.07 Å². The molecule has 0 amide bonds. The molecule has 2 nitrogen and oxygen atoms in total. The minimum absolute atomic E-state index is 0.0646. The van der Waals surface area contributed by atoms with Gasteiger partial charge in [-0.05, 0) is 50.5 Å². The number of aryl methyl sites for hydroxylation is 1. The number of hydrogen-bond donors (Lipinski definition) is 0. The summed E-state index contributed by atoms with van der Waals surface area (Å²) in [7, 11) is 0. The van der Waals surface area contributed by atoms with Crippen molar-refractivity contribution in [3.63, 3.8) is 0 Å². The number of esters is 1. The zero-order chi connectivity index (χ0) is 21.3. The lowest BCUT2D eigenvalue weighted by molar-refractivity contribution is 0.0166. The molecule has 2 aromatic rings. The number of hydrogen-bond acceptors (Lipinski definition) is 4. The number of ether oxygens (including phenoxy) is 1. The SMILES string of the molecule is CCCCCCCc1cc2sc(C(=O)OC3CCC(CCCCC)CC3)c(Cl)c2s1. The van der Waals surface area contributed by atoms with Gasteiger partial charge in [-0.3, -0.25) is 0 Å². The summed E-state index contributed by atoms with van der Waals surface area (Å²) in [6, 6.07) is 2.23. The highest BCUT2D eigenvalue weighted by atomic mass is 35.5. The van der Waals surface area contributed by atoms with Crippen molar-refractivity contribution in [3.8, 4) is 0 Å². The zero-order valence-electron chi connectivity index (χ0n) is 18.6. The molecule has 0 bridgehead atoms. The molecule has 1 aliphatic rings. The Morgan fingerprint density at radius 1 is 1.00 bits per heavy atom.